The third kappa shape index (κ3) is 4.66. The molecule has 0 saturated heterocycles. The van der Waals surface area contributed by atoms with E-state index in [0.29, 0.717) is 11.4 Å². The summed E-state index contributed by atoms with van der Waals surface area (Å²) in [7, 11) is 0. The lowest BCUT2D eigenvalue weighted by molar-refractivity contribution is -0.123. The second-order valence-corrected chi connectivity index (χ2v) is 6.90. The second-order valence-electron chi connectivity index (χ2n) is 6.90. The topological polar surface area (TPSA) is 108 Å². The summed E-state index contributed by atoms with van der Waals surface area (Å²) in [5.74, 6) is -1.88. The molecule has 0 bridgehead atoms. The molecule has 0 radical (unpaired) electrons. The van der Waals surface area contributed by atoms with Crippen LogP contribution in [0, 0.1) is 12.3 Å². The van der Waals surface area contributed by atoms with Crippen molar-refractivity contribution in [1.82, 2.24) is 4.98 Å². The van der Waals surface area contributed by atoms with E-state index in [1.54, 1.807) is 39.0 Å². The maximum absolute atomic E-state index is 12.4. The summed E-state index contributed by atoms with van der Waals surface area (Å²) in [4.78, 5) is 39.3. The molecule has 1 aromatic heterocycles. The number of aryl methyl sites for hydroxylation is 1. The molecule has 0 fully saturated rings. The number of hydrogen-bond donors (Lipinski definition) is 3. The third-order valence-corrected chi connectivity index (χ3v) is 3.63. The van der Waals surface area contributed by atoms with E-state index in [-0.39, 0.29) is 17.3 Å². The van der Waals surface area contributed by atoms with Crippen molar-refractivity contribution in [1.29, 1.82) is 0 Å². The van der Waals surface area contributed by atoms with Gasteiger partial charge in [-0.2, -0.15) is 0 Å². The van der Waals surface area contributed by atoms with Crippen molar-refractivity contribution in [2.75, 3.05) is 10.6 Å². The normalized spacial score (nSPS) is 10.9. The van der Waals surface area contributed by atoms with E-state index >= 15 is 0 Å². The number of benzene rings is 1. The maximum Gasteiger partial charge on any atom is 0.354 e. The zero-order valence-electron chi connectivity index (χ0n) is 15.1. The van der Waals surface area contributed by atoms with E-state index in [0.717, 1.165) is 5.56 Å². The average molecular weight is 355 g/mol. The Balaban J connectivity index is 2.22. The Labute approximate surface area is 151 Å². The van der Waals surface area contributed by atoms with Crippen molar-refractivity contribution < 1.29 is 19.5 Å². The minimum atomic E-state index is -1.21. The van der Waals surface area contributed by atoms with Crippen LogP contribution < -0.4 is 10.6 Å². The minimum Gasteiger partial charge on any atom is -0.477 e. The summed E-state index contributed by atoms with van der Waals surface area (Å²) in [6.45, 7) is 7.23. The van der Waals surface area contributed by atoms with Gasteiger partial charge < -0.3 is 15.7 Å². The fourth-order valence-corrected chi connectivity index (χ4v) is 2.02. The molecule has 0 aliphatic carbocycles. The highest BCUT2D eigenvalue weighted by atomic mass is 16.4. The number of nitrogens with one attached hydrogen (secondary N) is 2. The van der Waals surface area contributed by atoms with Crippen molar-refractivity contribution in [3.8, 4) is 0 Å². The van der Waals surface area contributed by atoms with Crippen LogP contribution in [0.2, 0.25) is 0 Å². The first-order valence-electron chi connectivity index (χ1n) is 8.02. The first-order chi connectivity index (χ1) is 12.1. The number of nitrogens with zero attached hydrogens (tertiary/aromatic N) is 1. The largest absolute Gasteiger partial charge is 0.477 e. The van der Waals surface area contributed by atoms with E-state index in [1.807, 2.05) is 6.92 Å². The van der Waals surface area contributed by atoms with Gasteiger partial charge in [-0.15, -0.1) is 0 Å². The van der Waals surface area contributed by atoms with Crippen LogP contribution in [0.4, 0.5) is 11.4 Å². The molecule has 2 rings (SSSR count). The number of anilines is 2. The number of rotatable bonds is 4. The van der Waals surface area contributed by atoms with Gasteiger partial charge in [0, 0.05) is 16.8 Å². The molecule has 3 N–H and O–H groups in total. The number of carbonyl (C=O) groups excluding carboxylic acids is 2. The Kier molecular flexibility index (Phi) is 5.40. The van der Waals surface area contributed by atoms with Gasteiger partial charge in [-0.3, -0.25) is 9.59 Å². The summed E-state index contributed by atoms with van der Waals surface area (Å²) in [6.07, 6.45) is 0. The van der Waals surface area contributed by atoms with E-state index in [4.69, 9.17) is 5.11 Å². The van der Waals surface area contributed by atoms with Crippen molar-refractivity contribution in [2.45, 2.75) is 27.7 Å². The Morgan fingerprint density at radius 1 is 1.00 bits per heavy atom. The third-order valence-electron chi connectivity index (χ3n) is 3.63. The van der Waals surface area contributed by atoms with Gasteiger partial charge in [0.05, 0.1) is 0 Å². The van der Waals surface area contributed by atoms with Crippen LogP contribution in [0.25, 0.3) is 0 Å². The average Bonchev–Trinajstić information content (AvgIpc) is 2.57. The van der Waals surface area contributed by atoms with Gasteiger partial charge in [0.15, 0.2) is 0 Å². The monoisotopic (exact) mass is 355 g/mol. The fourth-order valence-electron chi connectivity index (χ4n) is 2.02. The highest BCUT2D eigenvalue weighted by molar-refractivity contribution is 6.04. The van der Waals surface area contributed by atoms with Crippen LogP contribution in [0.15, 0.2) is 36.4 Å². The standard InChI is InChI=1S/C19H21N3O4/c1-11-8-9-12(20-18(26)19(2,3)4)10-15(11)22-16(23)13-6-5-7-14(21-13)17(24)25/h5-10H,1-4H3,(H,20,26)(H,22,23)(H,24,25). The number of hydrogen-bond acceptors (Lipinski definition) is 4. The van der Waals surface area contributed by atoms with Crippen LogP contribution in [0.1, 0.15) is 47.3 Å². The second kappa shape index (κ2) is 7.35. The highest BCUT2D eigenvalue weighted by Gasteiger charge is 2.21. The molecule has 7 nitrogen and oxygen atoms in total. The highest BCUT2D eigenvalue weighted by Crippen LogP contribution is 2.23. The molecule has 0 aliphatic rings. The van der Waals surface area contributed by atoms with Gasteiger partial charge in [0.1, 0.15) is 11.4 Å². The van der Waals surface area contributed by atoms with Gasteiger partial charge in [-0.05, 0) is 36.8 Å². The molecule has 136 valence electrons. The zero-order valence-corrected chi connectivity index (χ0v) is 15.1. The first kappa shape index (κ1) is 19.1. The predicted octanol–water partition coefficient (Wildman–Crippen LogP) is 3.33. The van der Waals surface area contributed by atoms with Crippen LogP contribution >= 0.6 is 0 Å². The molecule has 0 spiro atoms. The lowest BCUT2D eigenvalue weighted by Gasteiger charge is -2.18. The van der Waals surface area contributed by atoms with Gasteiger partial charge >= 0.3 is 5.97 Å². The zero-order chi connectivity index (χ0) is 19.5. The minimum absolute atomic E-state index is 0.00608. The SMILES string of the molecule is Cc1ccc(NC(=O)C(C)(C)C)cc1NC(=O)c1cccc(C(=O)O)n1. The number of amides is 2. The molecule has 1 aromatic carbocycles. The molecule has 2 aromatic rings. The van der Waals surface area contributed by atoms with Gasteiger partial charge in [-0.1, -0.05) is 32.9 Å². The number of carbonyl (C=O) groups is 3. The molecule has 0 unspecified atom stereocenters. The van der Waals surface area contributed by atoms with Crippen molar-refractivity contribution in [3.63, 3.8) is 0 Å². The van der Waals surface area contributed by atoms with Gasteiger partial charge in [0.25, 0.3) is 5.91 Å². The molecule has 1 heterocycles. The van der Waals surface area contributed by atoms with Crippen LogP contribution in [-0.4, -0.2) is 27.9 Å². The first-order valence-corrected chi connectivity index (χ1v) is 8.02. The fraction of sp³-hybridized carbons (Fsp3) is 0.263. The number of carboxylic acid groups (broad SMARTS) is 1. The van der Waals surface area contributed by atoms with Crippen molar-refractivity contribution in [2.24, 2.45) is 5.41 Å². The summed E-state index contributed by atoms with van der Waals surface area (Å²) >= 11 is 0. The van der Waals surface area contributed by atoms with Crippen molar-refractivity contribution >= 4 is 29.2 Å². The van der Waals surface area contributed by atoms with Crippen LogP contribution in [0.5, 0.6) is 0 Å². The lowest BCUT2D eigenvalue weighted by atomic mass is 9.95. The Morgan fingerprint density at radius 3 is 2.27 bits per heavy atom. The summed E-state index contributed by atoms with van der Waals surface area (Å²) in [5, 5.41) is 14.5. The number of carboxylic acids is 1. The van der Waals surface area contributed by atoms with E-state index in [1.165, 1.54) is 18.2 Å². The summed E-state index contributed by atoms with van der Waals surface area (Å²) < 4.78 is 0. The number of aromatic carboxylic acids is 1. The van der Waals surface area contributed by atoms with Gasteiger partial charge in [-0.25, -0.2) is 9.78 Å². The quantitative estimate of drug-likeness (QED) is 0.779. The van der Waals surface area contributed by atoms with Crippen LogP contribution in [0.3, 0.4) is 0 Å². The molecule has 26 heavy (non-hydrogen) atoms. The summed E-state index contributed by atoms with van der Waals surface area (Å²) in [6, 6.07) is 9.37. The predicted molar refractivity (Wildman–Crippen MR) is 98.4 cm³/mol. The molecular weight excluding hydrogens is 334 g/mol. The molecule has 2 amide bonds. The molecule has 0 saturated carbocycles. The molecular formula is C19H21N3O4. The summed E-state index contributed by atoms with van der Waals surface area (Å²) in [5.41, 5.74) is 1.09. The molecule has 0 atom stereocenters. The Morgan fingerprint density at radius 2 is 1.65 bits per heavy atom. The molecule has 0 aliphatic heterocycles. The van der Waals surface area contributed by atoms with Gasteiger partial charge in [0.2, 0.25) is 5.91 Å². The smallest absolute Gasteiger partial charge is 0.354 e. The number of pyridine rings is 1. The Bertz CT molecular complexity index is 869. The maximum atomic E-state index is 12.4. The van der Waals surface area contributed by atoms with Crippen LogP contribution in [-0.2, 0) is 4.79 Å². The van der Waals surface area contributed by atoms with Crippen molar-refractivity contribution in [3.05, 3.63) is 53.3 Å². The molecule has 7 heteroatoms. The lowest BCUT2D eigenvalue weighted by Crippen LogP contribution is -2.27. The Hall–Kier alpha value is -3.22. The van der Waals surface area contributed by atoms with E-state index < -0.39 is 17.3 Å². The number of aromatic nitrogens is 1. The van der Waals surface area contributed by atoms with E-state index in [2.05, 4.69) is 15.6 Å². The van der Waals surface area contributed by atoms with E-state index in [9.17, 15) is 14.4 Å².